The summed E-state index contributed by atoms with van der Waals surface area (Å²) in [7, 11) is 0.552. The Morgan fingerprint density at radius 1 is 0.871 bits per heavy atom. The summed E-state index contributed by atoms with van der Waals surface area (Å²) in [4.78, 5) is 0. The summed E-state index contributed by atoms with van der Waals surface area (Å²) < 4.78 is 20.3. The van der Waals surface area contributed by atoms with E-state index in [9.17, 15) is 0 Å². The number of rotatable bonds is 1. The molecule has 31 heavy (non-hydrogen) atoms. The van der Waals surface area contributed by atoms with Crippen LogP contribution >= 0.6 is 0 Å². The van der Waals surface area contributed by atoms with Crippen molar-refractivity contribution in [2.45, 2.75) is 33.5 Å². The van der Waals surface area contributed by atoms with Gasteiger partial charge in [0.05, 0.1) is 35.4 Å². The molecule has 0 saturated heterocycles. The topological polar surface area (TPSA) is 8.29 Å². The van der Waals surface area contributed by atoms with Gasteiger partial charge in [-0.05, 0) is 42.5 Å². The normalized spacial score (nSPS) is 13.0. The van der Waals surface area contributed by atoms with Crippen molar-refractivity contribution in [2.24, 2.45) is 7.05 Å². The van der Waals surface area contributed by atoms with Crippen LogP contribution in [0, 0.1) is 19.7 Å². The molecule has 0 atom stereocenters. The van der Waals surface area contributed by atoms with Crippen molar-refractivity contribution in [1.29, 1.82) is 0 Å². The molecular formula is C27H26FN2Si+. The highest BCUT2D eigenvalue weighted by molar-refractivity contribution is 6.89. The summed E-state index contributed by atoms with van der Waals surface area (Å²) in [6.07, 6.45) is 2.15. The minimum atomic E-state index is -1.55. The first-order valence-electron chi connectivity index (χ1n) is 10.9. The van der Waals surface area contributed by atoms with Crippen LogP contribution in [-0.4, -0.2) is 12.5 Å². The molecule has 0 aliphatic rings. The number of pyridine rings is 2. The van der Waals surface area contributed by atoms with Crippen LogP contribution < -0.4 is 9.75 Å². The average Bonchev–Trinajstić information content (AvgIpc) is 3.08. The third-order valence-corrected chi connectivity index (χ3v) is 9.18. The third kappa shape index (κ3) is 2.23. The van der Waals surface area contributed by atoms with Crippen LogP contribution in [0.5, 0.6) is 0 Å². The number of hydrogen-bond acceptors (Lipinski definition) is 0. The molecule has 0 amide bonds. The average molecular weight is 426 g/mol. The molecule has 0 aliphatic carbocycles. The predicted molar refractivity (Wildman–Crippen MR) is 132 cm³/mol. The van der Waals surface area contributed by atoms with Gasteiger partial charge in [0.1, 0.15) is 12.9 Å². The van der Waals surface area contributed by atoms with Gasteiger partial charge in [-0.2, -0.15) is 0 Å². The lowest BCUT2D eigenvalue weighted by Crippen LogP contribution is -2.38. The van der Waals surface area contributed by atoms with E-state index in [1.54, 1.807) is 0 Å². The first-order chi connectivity index (χ1) is 14.7. The van der Waals surface area contributed by atoms with Gasteiger partial charge in [0.15, 0.2) is 6.20 Å². The Hall–Kier alpha value is -2.98. The Bertz CT molecular complexity index is 1700. The van der Waals surface area contributed by atoms with E-state index in [2.05, 4.69) is 85.2 Å². The van der Waals surface area contributed by atoms with Crippen molar-refractivity contribution in [3.05, 3.63) is 65.6 Å². The highest BCUT2D eigenvalue weighted by Gasteiger charge is 2.28. The maximum Gasteiger partial charge on any atom is 0.224 e. The second kappa shape index (κ2) is 5.83. The van der Waals surface area contributed by atoms with Gasteiger partial charge in [0.2, 0.25) is 5.52 Å². The van der Waals surface area contributed by atoms with Crippen molar-refractivity contribution < 1.29 is 8.96 Å². The minimum Gasteiger partial charge on any atom is -0.307 e. The number of nitrogens with zero attached hydrogens (tertiary/aromatic N) is 2. The zero-order valence-electron chi connectivity index (χ0n) is 18.9. The summed E-state index contributed by atoms with van der Waals surface area (Å²) in [5.41, 5.74) is 6.22. The second-order valence-corrected chi connectivity index (χ2v) is 15.1. The van der Waals surface area contributed by atoms with Crippen LogP contribution in [0.3, 0.4) is 0 Å². The Kier molecular flexibility index (Phi) is 3.53. The molecule has 4 heteroatoms. The van der Waals surface area contributed by atoms with E-state index < -0.39 is 8.07 Å². The van der Waals surface area contributed by atoms with Crippen molar-refractivity contribution in [1.82, 2.24) is 4.40 Å². The van der Waals surface area contributed by atoms with Gasteiger partial charge >= 0.3 is 0 Å². The largest absolute Gasteiger partial charge is 0.307 e. The van der Waals surface area contributed by atoms with E-state index in [4.69, 9.17) is 0 Å². The van der Waals surface area contributed by atoms with Crippen molar-refractivity contribution in [2.75, 3.05) is 0 Å². The van der Waals surface area contributed by atoms with Crippen LogP contribution in [0.4, 0.5) is 4.39 Å². The Labute approximate surface area is 181 Å². The number of benzene rings is 3. The maximum atomic E-state index is 15.8. The van der Waals surface area contributed by atoms with Gasteiger partial charge in [-0.1, -0.05) is 49.1 Å². The van der Waals surface area contributed by atoms with Crippen LogP contribution in [0.1, 0.15) is 11.1 Å². The Morgan fingerprint density at radius 3 is 2.35 bits per heavy atom. The smallest absolute Gasteiger partial charge is 0.224 e. The molecule has 3 heterocycles. The van der Waals surface area contributed by atoms with Crippen molar-refractivity contribution in [3.8, 4) is 0 Å². The molecule has 0 spiro atoms. The minimum absolute atomic E-state index is 0.0918. The van der Waals surface area contributed by atoms with Gasteiger partial charge in [-0.25, -0.2) is 8.96 Å². The lowest BCUT2D eigenvalue weighted by Gasteiger charge is -2.20. The van der Waals surface area contributed by atoms with Gasteiger partial charge in [-0.3, -0.25) is 0 Å². The van der Waals surface area contributed by atoms with E-state index in [-0.39, 0.29) is 5.82 Å². The number of para-hydroxylation sites is 1. The molecule has 0 fully saturated rings. The van der Waals surface area contributed by atoms with E-state index in [0.717, 1.165) is 38.3 Å². The molecule has 3 aromatic carbocycles. The number of aryl methyl sites for hydroxylation is 2. The summed E-state index contributed by atoms with van der Waals surface area (Å²) in [5.74, 6) is -0.0918. The first kappa shape index (κ1) is 18.8. The Morgan fingerprint density at radius 2 is 1.61 bits per heavy atom. The Balaban J connectivity index is 2.11. The summed E-state index contributed by atoms with van der Waals surface area (Å²) in [6.45, 7) is 11.1. The molecule has 0 unspecified atom stereocenters. The molecule has 0 N–H and O–H groups in total. The highest BCUT2D eigenvalue weighted by Crippen LogP contribution is 2.42. The summed E-state index contributed by atoms with van der Waals surface area (Å²) >= 11 is 0. The molecule has 6 aromatic rings. The monoisotopic (exact) mass is 425 g/mol. The number of halogens is 1. The highest BCUT2D eigenvalue weighted by atomic mass is 28.3. The molecule has 3 aromatic heterocycles. The van der Waals surface area contributed by atoms with Gasteiger partial charge in [0.25, 0.3) is 0 Å². The van der Waals surface area contributed by atoms with E-state index in [1.165, 1.54) is 27.0 Å². The number of fused-ring (bicyclic) bond motifs is 5. The lowest BCUT2D eigenvalue weighted by atomic mass is 9.96. The first-order valence-corrected chi connectivity index (χ1v) is 14.4. The molecule has 0 bridgehead atoms. The SMILES string of the molecule is Cc1c(F)c2c3ccccc3n3c4cc([Si](C)(C)C)cc5cc[n+](C)c(c(c1C)c23)c54. The van der Waals surface area contributed by atoms with Crippen LogP contribution in [-0.2, 0) is 7.05 Å². The van der Waals surface area contributed by atoms with E-state index >= 15 is 4.39 Å². The summed E-state index contributed by atoms with van der Waals surface area (Å²) in [6, 6.07) is 15.2. The summed E-state index contributed by atoms with van der Waals surface area (Å²) in [5, 5.41) is 6.84. The fourth-order valence-electron chi connectivity index (χ4n) is 5.35. The molecule has 0 radical (unpaired) electrons. The fourth-order valence-corrected chi connectivity index (χ4v) is 6.51. The molecule has 2 nitrogen and oxygen atoms in total. The van der Waals surface area contributed by atoms with Crippen LogP contribution in [0.15, 0.2) is 48.7 Å². The van der Waals surface area contributed by atoms with E-state index in [0.29, 0.717) is 0 Å². The molecular weight excluding hydrogens is 399 g/mol. The van der Waals surface area contributed by atoms with Gasteiger partial charge < -0.3 is 4.40 Å². The number of hydrogen-bond donors (Lipinski definition) is 0. The zero-order valence-corrected chi connectivity index (χ0v) is 19.9. The van der Waals surface area contributed by atoms with Crippen LogP contribution in [0.2, 0.25) is 19.6 Å². The fraction of sp³-hybridized carbons (Fsp3) is 0.222. The predicted octanol–water partition coefficient (Wildman–Crippen LogP) is 6.12. The molecule has 6 rings (SSSR count). The molecule has 154 valence electrons. The van der Waals surface area contributed by atoms with Crippen molar-refractivity contribution >= 4 is 62.3 Å². The molecule has 0 saturated carbocycles. The second-order valence-electron chi connectivity index (χ2n) is 10.00. The van der Waals surface area contributed by atoms with Gasteiger partial charge in [-0.15, -0.1) is 0 Å². The van der Waals surface area contributed by atoms with Crippen molar-refractivity contribution in [3.63, 3.8) is 0 Å². The quantitative estimate of drug-likeness (QED) is 0.130. The zero-order chi connectivity index (χ0) is 21.8. The maximum absolute atomic E-state index is 15.8. The number of aromatic nitrogens is 2. The van der Waals surface area contributed by atoms with Gasteiger partial charge in [0, 0.05) is 16.8 Å². The molecule has 0 aliphatic heterocycles. The standard InChI is InChI=1S/C27H26FN2Si/c1-15-16(2)25(28)24-19-9-7-8-10-20(19)30-21-14-18(31(4,5)6)13-17-11-12-29(3)26(23(17)21)22(15)27(24)30/h7-14H,1-6H3/q+1. The third-order valence-electron chi connectivity index (χ3n) is 7.16. The van der Waals surface area contributed by atoms with Crippen LogP contribution in [0.25, 0.3) is 49.0 Å². The van der Waals surface area contributed by atoms with E-state index in [1.807, 2.05) is 13.0 Å². The lowest BCUT2D eigenvalue weighted by molar-refractivity contribution is -0.643.